The Hall–Kier alpha value is -2.46. The predicted molar refractivity (Wildman–Crippen MR) is 91.2 cm³/mol. The second-order valence-corrected chi connectivity index (χ2v) is 6.39. The van der Waals surface area contributed by atoms with Crippen LogP contribution in [0.4, 0.5) is 0 Å². The molecule has 0 fully saturated rings. The normalized spacial score (nSPS) is 11.2. The number of nitrogens with zero attached hydrogens (tertiary/aromatic N) is 3. The van der Waals surface area contributed by atoms with Crippen LogP contribution in [0.1, 0.15) is 11.3 Å². The summed E-state index contributed by atoms with van der Waals surface area (Å²) in [5.41, 5.74) is 5.40. The highest BCUT2D eigenvalue weighted by atomic mass is 32.1. The molecule has 0 amide bonds. The fraction of sp³-hybridized carbons (Fsp3) is 0.111. The second-order valence-electron chi connectivity index (χ2n) is 5.39. The number of pyridine rings is 1. The Kier molecular flexibility index (Phi) is 3.05. The summed E-state index contributed by atoms with van der Waals surface area (Å²) in [7, 11) is 0. The topological polar surface area (TPSA) is 30.2 Å². The first-order valence-electron chi connectivity index (χ1n) is 7.19. The Morgan fingerprint density at radius 1 is 0.955 bits per heavy atom. The minimum Gasteiger partial charge on any atom is -0.306 e. The van der Waals surface area contributed by atoms with Gasteiger partial charge in [-0.25, -0.2) is 9.97 Å². The van der Waals surface area contributed by atoms with Crippen LogP contribution < -0.4 is 0 Å². The van der Waals surface area contributed by atoms with E-state index in [1.165, 1.54) is 5.56 Å². The predicted octanol–water partition coefficient (Wildman–Crippen LogP) is 4.74. The second kappa shape index (κ2) is 5.07. The summed E-state index contributed by atoms with van der Waals surface area (Å²) >= 11 is 1.70. The maximum Gasteiger partial charge on any atom is 0.137 e. The first-order valence-corrected chi connectivity index (χ1v) is 8.01. The van der Waals surface area contributed by atoms with Crippen LogP contribution in [0.5, 0.6) is 0 Å². The highest BCUT2D eigenvalue weighted by Crippen LogP contribution is 2.34. The van der Waals surface area contributed by atoms with Crippen molar-refractivity contribution >= 4 is 17.0 Å². The van der Waals surface area contributed by atoms with Crippen LogP contribution in [0.15, 0.2) is 54.9 Å². The van der Waals surface area contributed by atoms with E-state index in [0.29, 0.717) is 0 Å². The van der Waals surface area contributed by atoms with Gasteiger partial charge in [0.25, 0.3) is 0 Å². The molecule has 0 saturated heterocycles. The molecule has 4 aromatic rings. The van der Waals surface area contributed by atoms with Gasteiger partial charge in [0, 0.05) is 18.0 Å². The molecular formula is C18H15N3S. The molecule has 0 radical (unpaired) electrons. The van der Waals surface area contributed by atoms with Crippen molar-refractivity contribution in [2.24, 2.45) is 0 Å². The SMILES string of the molecule is Cc1ccc(-c2nc(C)c(-c3cn4ccccc4n3)s2)cc1. The Morgan fingerprint density at radius 2 is 1.77 bits per heavy atom. The molecule has 0 saturated carbocycles. The molecule has 0 aliphatic carbocycles. The molecule has 22 heavy (non-hydrogen) atoms. The van der Waals surface area contributed by atoms with Crippen molar-refractivity contribution in [2.75, 3.05) is 0 Å². The molecular weight excluding hydrogens is 290 g/mol. The largest absolute Gasteiger partial charge is 0.306 e. The number of aryl methyl sites for hydroxylation is 2. The number of fused-ring (bicyclic) bond motifs is 1. The molecule has 1 aromatic carbocycles. The molecule has 0 aliphatic rings. The zero-order valence-corrected chi connectivity index (χ0v) is 13.3. The van der Waals surface area contributed by atoms with E-state index in [4.69, 9.17) is 9.97 Å². The molecule has 0 atom stereocenters. The Bertz CT molecular complexity index is 915. The molecule has 0 N–H and O–H groups in total. The highest BCUT2D eigenvalue weighted by Gasteiger charge is 2.14. The number of rotatable bonds is 2. The minimum absolute atomic E-state index is 0.960. The lowest BCUT2D eigenvalue weighted by Crippen LogP contribution is -1.79. The molecule has 0 spiro atoms. The lowest BCUT2D eigenvalue weighted by atomic mass is 10.2. The van der Waals surface area contributed by atoms with Gasteiger partial charge in [0.15, 0.2) is 0 Å². The number of aromatic nitrogens is 3. The lowest BCUT2D eigenvalue weighted by Gasteiger charge is -1.96. The van der Waals surface area contributed by atoms with E-state index in [0.717, 1.165) is 32.5 Å². The third kappa shape index (κ3) is 2.22. The monoisotopic (exact) mass is 305 g/mol. The summed E-state index contributed by atoms with van der Waals surface area (Å²) in [5.74, 6) is 0. The first-order chi connectivity index (χ1) is 10.7. The van der Waals surface area contributed by atoms with Crippen LogP contribution in [-0.4, -0.2) is 14.4 Å². The van der Waals surface area contributed by atoms with Gasteiger partial charge in [0.05, 0.1) is 10.6 Å². The van der Waals surface area contributed by atoms with Gasteiger partial charge < -0.3 is 4.40 Å². The van der Waals surface area contributed by atoms with Gasteiger partial charge in [0.1, 0.15) is 16.3 Å². The van der Waals surface area contributed by atoms with Crippen molar-refractivity contribution in [3.8, 4) is 21.1 Å². The fourth-order valence-corrected chi connectivity index (χ4v) is 3.52. The van der Waals surface area contributed by atoms with Gasteiger partial charge in [-0.3, -0.25) is 0 Å². The Balaban J connectivity index is 1.81. The van der Waals surface area contributed by atoms with Gasteiger partial charge in [-0.15, -0.1) is 11.3 Å². The molecule has 0 unspecified atom stereocenters. The van der Waals surface area contributed by atoms with Crippen LogP contribution in [0.2, 0.25) is 0 Å². The first kappa shape index (κ1) is 13.2. The zero-order valence-electron chi connectivity index (χ0n) is 12.4. The van der Waals surface area contributed by atoms with E-state index in [-0.39, 0.29) is 0 Å². The summed E-state index contributed by atoms with van der Waals surface area (Å²) in [6.07, 6.45) is 4.08. The zero-order chi connectivity index (χ0) is 15.1. The van der Waals surface area contributed by atoms with E-state index < -0.39 is 0 Å². The number of benzene rings is 1. The fourth-order valence-electron chi connectivity index (χ4n) is 2.50. The van der Waals surface area contributed by atoms with Gasteiger partial charge >= 0.3 is 0 Å². The van der Waals surface area contributed by atoms with Gasteiger partial charge in [-0.2, -0.15) is 0 Å². The van der Waals surface area contributed by atoms with E-state index in [9.17, 15) is 0 Å². The maximum atomic E-state index is 4.73. The van der Waals surface area contributed by atoms with Crippen molar-refractivity contribution in [3.63, 3.8) is 0 Å². The van der Waals surface area contributed by atoms with Crippen LogP contribution in [-0.2, 0) is 0 Å². The molecule has 4 heteroatoms. The number of hydrogen-bond acceptors (Lipinski definition) is 3. The van der Waals surface area contributed by atoms with Crippen LogP contribution in [0.3, 0.4) is 0 Å². The number of hydrogen-bond donors (Lipinski definition) is 0. The quantitative estimate of drug-likeness (QED) is 0.535. The van der Waals surface area contributed by atoms with Crippen molar-refractivity contribution in [3.05, 3.63) is 66.1 Å². The molecule has 4 rings (SSSR count). The third-order valence-electron chi connectivity index (χ3n) is 3.69. The Morgan fingerprint density at radius 3 is 2.55 bits per heavy atom. The van der Waals surface area contributed by atoms with Gasteiger partial charge in [0.2, 0.25) is 0 Å². The standard InChI is InChI=1S/C18H15N3S/c1-12-6-8-14(9-7-12)18-19-13(2)17(22-18)15-11-21-10-4-3-5-16(21)20-15/h3-11H,1-2H3. The van der Waals surface area contributed by atoms with Crippen molar-refractivity contribution in [1.82, 2.24) is 14.4 Å². The van der Waals surface area contributed by atoms with E-state index in [1.807, 2.05) is 35.7 Å². The average molecular weight is 305 g/mol. The van der Waals surface area contributed by atoms with Crippen molar-refractivity contribution in [1.29, 1.82) is 0 Å². The van der Waals surface area contributed by atoms with Gasteiger partial charge in [-0.1, -0.05) is 35.9 Å². The molecule has 3 aromatic heterocycles. The smallest absolute Gasteiger partial charge is 0.137 e. The van der Waals surface area contributed by atoms with Crippen LogP contribution >= 0.6 is 11.3 Å². The molecule has 3 heterocycles. The summed E-state index contributed by atoms with van der Waals surface area (Å²) in [5, 5.41) is 1.05. The average Bonchev–Trinajstić information content (AvgIpc) is 3.11. The summed E-state index contributed by atoms with van der Waals surface area (Å²) in [6.45, 7) is 4.15. The van der Waals surface area contributed by atoms with E-state index in [2.05, 4.69) is 37.4 Å². The van der Waals surface area contributed by atoms with Crippen molar-refractivity contribution < 1.29 is 0 Å². The third-order valence-corrected chi connectivity index (χ3v) is 4.92. The number of imidazole rings is 1. The maximum absolute atomic E-state index is 4.73. The van der Waals surface area contributed by atoms with E-state index in [1.54, 1.807) is 11.3 Å². The van der Waals surface area contributed by atoms with Crippen molar-refractivity contribution in [2.45, 2.75) is 13.8 Å². The van der Waals surface area contributed by atoms with Gasteiger partial charge in [-0.05, 0) is 26.0 Å². The van der Waals surface area contributed by atoms with E-state index >= 15 is 0 Å². The molecule has 0 aliphatic heterocycles. The minimum atomic E-state index is 0.960. The molecule has 108 valence electrons. The number of thiazole rings is 1. The van der Waals surface area contributed by atoms with Crippen LogP contribution in [0, 0.1) is 13.8 Å². The summed E-state index contributed by atoms with van der Waals surface area (Å²) in [4.78, 5) is 10.6. The van der Waals surface area contributed by atoms with Crippen LogP contribution in [0.25, 0.3) is 26.8 Å². The molecule has 0 bridgehead atoms. The summed E-state index contributed by atoms with van der Waals surface area (Å²) < 4.78 is 2.04. The molecule has 3 nitrogen and oxygen atoms in total. The lowest BCUT2D eigenvalue weighted by molar-refractivity contribution is 1.19. The Labute approximate surface area is 132 Å². The highest BCUT2D eigenvalue weighted by molar-refractivity contribution is 7.18. The summed E-state index contributed by atoms with van der Waals surface area (Å²) in [6, 6.07) is 14.5.